The third-order valence-corrected chi connectivity index (χ3v) is 2.51. The highest BCUT2D eigenvalue weighted by Crippen LogP contribution is 2.14. The molecule has 0 aliphatic rings. The second-order valence-electron chi connectivity index (χ2n) is 4.64. The molecule has 0 saturated heterocycles. The molecule has 4 nitrogen and oxygen atoms in total. The smallest absolute Gasteiger partial charge is 0.221 e. The van der Waals surface area contributed by atoms with E-state index in [1.54, 1.807) is 21.0 Å². The lowest BCUT2D eigenvalue weighted by molar-refractivity contribution is -0.122. The number of nitriles is 1. The molecule has 0 bridgehead atoms. The number of methoxy groups -OCH3 is 1. The normalized spacial score (nSPS) is 10.6. The fraction of sp³-hybridized carbons (Fsp3) is 0.429. The zero-order valence-corrected chi connectivity index (χ0v) is 11.0. The minimum absolute atomic E-state index is 0.121. The van der Waals surface area contributed by atoms with Crippen LogP contribution < -0.4 is 10.1 Å². The molecular formula is C14H18N2O2. The van der Waals surface area contributed by atoms with Crippen LogP contribution in [0, 0.1) is 11.3 Å². The van der Waals surface area contributed by atoms with E-state index in [9.17, 15) is 4.79 Å². The molecule has 18 heavy (non-hydrogen) atoms. The quantitative estimate of drug-likeness (QED) is 0.864. The maximum atomic E-state index is 11.7. The topological polar surface area (TPSA) is 62.1 Å². The monoisotopic (exact) mass is 246 g/mol. The van der Waals surface area contributed by atoms with Crippen molar-refractivity contribution in [1.29, 1.82) is 5.26 Å². The Labute approximate surface area is 108 Å². The van der Waals surface area contributed by atoms with Crippen molar-refractivity contribution >= 4 is 5.91 Å². The highest BCUT2D eigenvalue weighted by atomic mass is 16.5. The van der Waals surface area contributed by atoms with Crippen LogP contribution in [0.15, 0.2) is 24.3 Å². The number of aryl methyl sites for hydroxylation is 1. The van der Waals surface area contributed by atoms with E-state index in [0.29, 0.717) is 12.8 Å². The predicted octanol–water partition coefficient (Wildman–Crippen LogP) is 2.05. The molecule has 0 unspecified atom stereocenters. The van der Waals surface area contributed by atoms with Gasteiger partial charge in [-0.2, -0.15) is 5.26 Å². The van der Waals surface area contributed by atoms with E-state index >= 15 is 0 Å². The third-order valence-electron chi connectivity index (χ3n) is 2.51. The highest BCUT2D eigenvalue weighted by Gasteiger charge is 2.18. The summed E-state index contributed by atoms with van der Waals surface area (Å²) in [7, 11) is 1.61. The molecule has 1 rings (SSSR count). The maximum Gasteiger partial charge on any atom is 0.221 e. The number of carbonyl (C=O) groups is 1. The lowest BCUT2D eigenvalue weighted by atomic mass is 10.1. The van der Waals surface area contributed by atoms with Gasteiger partial charge >= 0.3 is 0 Å². The van der Waals surface area contributed by atoms with Gasteiger partial charge in [-0.3, -0.25) is 4.79 Å². The molecule has 0 aliphatic carbocycles. The number of nitrogens with zero attached hydrogens (tertiary/aromatic N) is 1. The Kier molecular flexibility index (Phi) is 4.73. The SMILES string of the molecule is COc1cccc(CCC(=O)NC(C)(C)C#N)c1. The Balaban J connectivity index is 2.50. The zero-order chi connectivity index (χ0) is 13.6. The summed E-state index contributed by atoms with van der Waals surface area (Å²) >= 11 is 0. The van der Waals surface area contributed by atoms with E-state index < -0.39 is 5.54 Å². The van der Waals surface area contributed by atoms with E-state index in [2.05, 4.69) is 5.32 Å². The molecule has 1 aromatic rings. The number of benzene rings is 1. The zero-order valence-electron chi connectivity index (χ0n) is 11.0. The fourth-order valence-corrected chi connectivity index (χ4v) is 1.52. The van der Waals surface area contributed by atoms with Crippen molar-refractivity contribution in [3.05, 3.63) is 29.8 Å². The Morgan fingerprint density at radius 2 is 2.22 bits per heavy atom. The minimum atomic E-state index is -0.814. The van der Waals surface area contributed by atoms with Crippen LogP contribution in [0.4, 0.5) is 0 Å². The Bertz CT molecular complexity index is 461. The van der Waals surface area contributed by atoms with Gasteiger partial charge in [0.15, 0.2) is 0 Å². The first-order valence-electron chi connectivity index (χ1n) is 5.82. The van der Waals surface area contributed by atoms with Gasteiger partial charge in [0.2, 0.25) is 5.91 Å². The van der Waals surface area contributed by atoms with Crippen LogP contribution in [0.1, 0.15) is 25.8 Å². The minimum Gasteiger partial charge on any atom is -0.497 e. The van der Waals surface area contributed by atoms with Gasteiger partial charge in [0, 0.05) is 6.42 Å². The van der Waals surface area contributed by atoms with Crippen LogP contribution in [0.25, 0.3) is 0 Å². The second-order valence-corrected chi connectivity index (χ2v) is 4.64. The van der Waals surface area contributed by atoms with Crippen LogP contribution in [-0.2, 0) is 11.2 Å². The number of nitrogens with one attached hydrogen (secondary N) is 1. The molecule has 1 aromatic carbocycles. The third kappa shape index (κ3) is 4.46. The first kappa shape index (κ1) is 14.0. The molecule has 4 heteroatoms. The van der Waals surface area contributed by atoms with Crippen LogP contribution in [-0.4, -0.2) is 18.6 Å². The van der Waals surface area contributed by atoms with Crippen LogP contribution >= 0.6 is 0 Å². The van der Waals surface area contributed by atoms with Gasteiger partial charge in [-0.1, -0.05) is 12.1 Å². The highest BCUT2D eigenvalue weighted by molar-refractivity contribution is 5.77. The molecular weight excluding hydrogens is 228 g/mol. The van der Waals surface area contributed by atoms with E-state index in [4.69, 9.17) is 10.00 Å². The van der Waals surface area contributed by atoms with Gasteiger partial charge in [-0.05, 0) is 38.0 Å². The predicted molar refractivity (Wildman–Crippen MR) is 69.1 cm³/mol. The van der Waals surface area contributed by atoms with Crippen molar-refractivity contribution < 1.29 is 9.53 Å². The molecule has 1 N–H and O–H groups in total. The molecule has 0 heterocycles. The molecule has 0 atom stereocenters. The van der Waals surface area contributed by atoms with Crippen LogP contribution in [0.3, 0.4) is 0 Å². The number of hydrogen-bond acceptors (Lipinski definition) is 3. The standard InChI is InChI=1S/C14H18N2O2/c1-14(2,10-15)16-13(17)8-7-11-5-4-6-12(9-11)18-3/h4-6,9H,7-8H2,1-3H3,(H,16,17). The van der Waals surface area contributed by atoms with E-state index in [0.717, 1.165) is 11.3 Å². The average Bonchev–Trinajstić information content (AvgIpc) is 2.36. The summed E-state index contributed by atoms with van der Waals surface area (Å²) in [6.45, 7) is 3.35. The van der Waals surface area contributed by atoms with Gasteiger partial charge in [-0.15, -0.1) is 0 Å². The summed E-state index contributed by atoms with van der Waals surface area (Å²) in [5, 5.41) is 11.5. The van der Waals surface area contributed by atoms with Crippen molar-refractivity contribution in [1.82, 2.24) is 5.32 Å². The largest absolute Gasteiger partial charge is 0.497 e. The van der Waals surface area contributed by atoms with Crippen molar-refractivity contribution in [2.75, 3.05) is 7.11 Å². The van der Waals surface area contributed by atoms with Gasteiger partial charge in [0.1, 0.15) is 11.3 Å². The van der Waals surface area contributed by atoms with Crippen LogP contribution in [0.2, 0.25) is 0 Å². The van der Waals surface area contributed by atoms with Crippen molar-refractivity contribution in [2.24, 2.45) is 0 Å². The number of amides is 1. The summed E-state index contributed by atoms with van der Waals surface area (Å²) in [6.07, 6.45) is 0.989. The molecule has 0 saturated carbocycles. The first-order chi connectivity index (χ1) is 8.46. The van der Waals surface area contributed by atoms with Crippen molar-refractivity contribution in [2.45, 2.75) is 32.2 Å². The molecule has 0 radical (unpaired) electrons. The first-order valence-corrected chi connectivity index (χ1v) is 5.82. The van der Waals surface area contributed by atoms with E-state index in [-0.39, 0.29) is 5.91 Å². The number of rotatable bonds is 5. The van der Waals surface area contributed by atoms with Gasteiger partial charge in [-0.25, -0.2) is 0 Å². The Morgan fingerprint density at radius 1 is 1.50 bits per heavy atom. The summed E-state index contributed by atoms with van der Waals surface area (Å²) in [6, 6.07) is 9.65. The van der Waals surface area contributed by atoms with Gasteiger partial charge in [0.25, 0.3) is 0 Å². The molecule has 96 valence electrons. The lowest BCUT2D eigenvalue weighted by Crippen LogP contribution is -2.42. The number of hydrogen-bond donors (Lipinski definition) is 1. The lowest BCUT2D eigenvalue weighted by Gasteiger charge is -2.17. The molecule has 0 aromatic heterocycles. The molecule has 0 fully saturated rings. The summed E-state index contributed by atoms with van der Waals surface area (Å²) in [5.74, 6) is 0.662. The maximum absolute atomic E-state index is 11.7. The second kappa shape index (κ2) is 6.06. The number of ether oxygens (including phenoxy) is 1. The summed E-state index contributed by atoms with van der Waals surface area (Å²) in [4.78, 5) is 11.7. The van der Waals surface area contributed by atoms with Crippen LogP contribution in [0.5, 0.6) is 5.75 Å². The molecule has 0 spiro atoms. The number of carbonyl (C=O) groups excluding carboxylic acids is 1. The molecule has 1 amide bonds. The van der Waals surface area contributed by atoms with Gasteiger partial charge in [0.05, 0.1) is 13.2 Å². The average molecular weight is 246 g/mol. The summed E-state index contributed by atoms with van der Waals surface area (Å²) in [5.41, 5.74) is 0.227. The van der Waals surface area contributed by atoms with Crippen molar-refractivity contribution in [3.8, 4) is 11.8 Å². The fourth-order valence-electron chi connectivity index (χ4n) is 1.52. The van der Waals surface area contributed by atoms with Crippen molar-refractivity contribution in [3.63, 3.8) is 0 Å². The molecule has 0 aliphatic heterocycles. The Morgan fingerprint density at radius 3 is 2.83 bits per heavy atom. The van der Waals surface area contributed by atoms with E-state index in [1.165, 1.54) is 0 Å². The van der Waals surface area contributed by atoms with E-state index in [1.807, 2.05) is 30.3 Å². The van der Waals surface area contributed by atoms with Gasteiger partial charge < -0.3 is 10.1 Å². The Hall–Kier alpha value is -2.02. The summed E-state index contributed by atoms with van der Waals surface area (Å²) < 4.78 is 5.12.